The molecule has 0 bridgehead atoms. The summed E-state index contributed by atoms with van der Waals surface area (Å²) in [6.45, 7) is 0. The van der Waals surface area contributed by atoms with E-state index < -0.39 is 10.0 Å². The molecule has 0 amide bonds. The number of anilines is 1. The van der Waals surface area contributed by atoms with Crippen LogP contribution in [0.3, 0.4) is 0 Å². The van der Waals surface area contributed by atoms with E-state index in [9.17, 15) is 13.2 Å². The van der Waals surface area contributed by atoms with Gasteiger partial charge in [0.1, 0.15) is 22.8 Å². The van der Waals surface area contributed by atoms with E-state index in [0.717, 1.165) is 11.8 Å². The highest BCUT2D eigenvalue weighted by atomic mass is 32.2. The van der Waals surface area contributed by atoms with Crippen molar-refractivity contribution in [1.29, 1.82) is 0 Å². The van der Waals surface area contributed by atoms with Gasteiger partial charge in [0.05, 0.1) is 37.5 Å². The van der Waals surface area contributed by atoms with Gasteiger partial charge >= 0.3 is 0 Å². The molecule has 0 aliphatic carbocycles. The molecule has 0 atom stereocenters. The van der Waals surface area contributed by atoms with Crippen molar-refractivity contribution >= 4 is 44.4 Å². The number of thioether (sulfide) groups is 1. The van der Waals surface area contributed by atoms with Gasteiger partial charge in [-0.05, 0) is 54.6 Å². The number of nitrogens with zero attached hydrogens (tertiary/aromatic N) is 1. The maximum Gasteiger partial charge on any atom is 0.261 e. The fourth-order valence-electron chi connectivity index (χ4n) is 3.22. The third-order valence-corrected chi connectivity index (χ3v) is 7.23. The standard InChI is InChI=1S/C24H22N2O7S2/c1-30-16-6-4-15(5-7-16)26-35(28,29)18-9-11-22-20(13-18)25-24(33-22)34-14-21(27)19-10-8-17(31-2)12-23(19)32-3/h4-13,26H,14H2,1-3H3. The maximum absolute atomic E-state index is 12.8. The Morgan fingerprint density at radius 3 is 2.34 bits per heavy atom. The molecule has 35 heavy (non-hydrogen) atoms. The predicted octanol–water partition coefficient (Wildman–Crippen LogP) is 4.63. The highest BCUT2D eigenvalue weighted by Crippen LogP contribution is 2.29. The Morgan fingerprint density at radius 2 is 1.66 bits per heavy atom. The largest absolute Gasteiger partial charge is 0.497 e. The summed E-state index contributed by atoms with van der Waals surface area (Å²) in [5.41, 5.74) is 1.58. The van der Waals surface area contributed by atoms with E-state index in [2.05, 4.69) is 9.71 Å². The van der Waals surface area contributed by atoms with Crippen LogP contribution in [0.15, 0.2) is 75.2 Å². The number of oxazole rings is 1. The van der Waals surface area contributed by atoms with Crippen molar-refractivity contribution in [3.05, 3.63) is 66.2 Å². The van der Waals surface area contributed by atoms with Crippen LogP contribution < -0.4 is 18.9 Å². The van der Waals surface area contributed by atoms with Crippen LogP contribution in [0.5, 0.6) is 17.2 Å². The van der Waals surface area contributed by atoms with E-state index in [1.807, 2.05) is 0 Å². The average molecular weight is 515 g/mol. The molecule has 0 radical (unpaired) electrons. The van der Waals surface area contributed by atoms with E-state index >= 15 is 0 Å². The van der Waals surface area contributed by atoms with Gasteiger partial charge in [0.2, 0.25) is 0 Å². The Kier molecular flexibility index (Phi) is 7.17. The highest BCUT2D eigenvalue weighted by molar-refractivity contribution is 7.99. The van der Waals surface area contributed by atoms with Gasteiger partial charge in [0.25, 0.3) is 15.2 Å². The van der Waals surface area contributed by atoms with Crippen molar-refractivity contribution in [3.63, 3.8) is 0 Å². The number of ether oxygens (including phenoxy) is 3. The topological polar surface area (TPSA) is 117 Å². The number of fused-ring (bicyclic) bond motifs is 1. The lowest BCUT2D eigenvalue weighted by molar-refractivity contribution is 0.101. The Labute approximate surface area is 206 Å². The van der Waals surface area contributed by atoms with Crippen molar-refractivity contribution in [2.45, 2.75) is 10.1 Å². The molecular formula is C24H22N2O7S2. The lowest BCUT2D eigenvalue weighted by Crippen LogP contribution is -2.12. The molecule has 1 N–H and O–H groups in total. The minimum atomic E-state index is -3.85. The van der Waals surface area contributed by atoms with Crippen LogP contribution >= 0.6 is 11.8 Å². The number of carbonyl (C=O) groups excluding carboxylic acids is 1. The van der Waals surface area contributed by atoms with Crippen molar-refractivity contribution < 1.29 is 31.8 Å². The number of hydrogen-bond acceptors (Lipinski definition) is 9. The molecule has 11 heteroatoms. The van der Waals surface area contributed by atoms with Gasteiger partial charge in [0, 0.05) is 11.8 Å². The summed E-state index contributed by atoms with van der Waals surface area (Å²) in [6.07, 6.45) is 0. The minimum Gasteiger partial charge on any atom is -0.497 e. The molecule has 0 aliphatic rings. The number of benzene rings is 3. The van der Waals surface area contributed by atoms with Crippen molar-refractivity contribution in [1.82, 2.24) is 4.98 Å². The molecule has 0 saturated heterocycles. The zero-order valence-electron chi connectivity index (χ0n) is 19.1. The van der Waals surface area contributed by atoms with Gasteiger partial charge in [-0.1, -0.05) is 11.8 Å². The van der Waals surface area contributed by atoms with E-state index in [4.69, 9.17) is 18.6 Å². The zero-order chi connectivity index (χ0) is 25.0. The second kappa shape index (κ2) is 10.3. The fourth-order valence-corrected chi connectivity index (χ4v) is 5.02. The number of Topliss-reactive ketones (excluding diaryl/α,β-unsaturated/α-hetero) is 1. The third kappa shape index (κ3) is 5.52. The molecule has 182 valence electrons. The van der Waals surface area contributed by atoms with Gasteiger partial charge < -0.3 is 18.6 Å². The third-order valence-electron chi connectivity index (χ3n) is 5.03. The second-order valence-electron chi connectivity index (χ2n) is 7.22. The summed E-state index contributed by atoms with van der Waals surface area (Å²) >= 11 is 1.11. The number of carbonyl (C=O) groups is 1. The molecule has 0 spiro atoms. The Morgan fingerprint density at radius 1 is 0.943 bits per heavy atom. The Bertz CT molecular complexity index is 1470. The van der Waals surface area contributed by atoms with Crippen LogP contribution in [0.25, 0.3) is 11.1 Å². The molecule has 1 heterocycles. The summed E-state index contributed by atoms with van der Waals surface area (Å²) in [5.74, 6) is 1.48. The highest BCUT2D eigenvalue weighted by Gasteiger charge is 2.19. The summed E-state index contributed by atoms with van der Waals surface area (Å²) in [4.78, 5) is 17.1. The summed E-state index contributed by atoms with van der Waals surface area (Å²) in [5, 5.41) is 0.249. The lowest BCUT2D eigenvalue weighted by Gasteiger charge is -2.08. The first-order valence-corrected chi connectivity index (χ1v) is 12.8. The summed E-state index contributed by atoms with van der Waals surface area (Å²) in [6, 6.07) is 15.9. The van der Waals surface area contributed by atoms with Crippen LogP contribution in [0.2, 0.25) is 0 Å². The maximum atomic E-state index is 12.8. The number of aromatic nitrogens is 1. The predicted molar refractivity (Wildman–Crippen MR) is 132 cm³/mol. The number of sulfonamides is 1. The van der Waals surface area contributed by atoms with Gasteiger partial charge in [-0.3, -0.25) is 9.52 Å². The Balaban J connectivity index is 1.48. The molecule has 1 aromatic heterocycles. The lowest BCUT2D eigenvalue weighted by atomic mass is 10.1. The van der Waals surface area contributed by atoms with Crippen molar-refractivity contribution in [2.75, 3.05) is 31.8 Å². The first kappa shape index (κ1) is 24.4. The van der Waals surface area contributed by atoms with Crippen LogP contribution in [-0.2, 0) is 10.0 Å². The molecule has 0 aliphatic heterocycles. The van der Waals surface area contributed by atoms with E-state index in [1.165, 1.54) is 39.5 Å². The van der Waals surface area contributed by atoms with Gasteiger partial charge in [0.15, 0.2) is 11.4 Å². The second-order valence-corrected chi connectivity index (χ2v) is 9.83. The SMILES string of the molecule is COc1ccc(NS(=O)(=O)c2ccc3oc(SCC(=O)c4ccc(OC)cc4OC)nc3c2)cc1. The zero-order valence-corrected chi connectivity index (χ0v) is 20.7. The van der Waals surface area contributed by atoms with Crippen LogP contribution in [0.4, 0.5) is 5.69 Å². The quantitative estimate of drug-likeness (QED) is 0.239. The first-order chi connectivity index (χ1) is 16.8. The van der Waals surface area contributed by atoms with E-state index in [1.54, 1.807) is 42.5 Å². The van der Waals surface area contributed by atoms with Gasteiger partial charge in [-0.2, -0.15) is 0 Å². The van der Waals surface area contributed by atoms with Crippen LogP contribution in [0, 0.1) is 0 Å². The number of ketones is 1. The smallest absolute Gasteiger partial charge is 0.261 e. The normalized spacial score (nSPS) is 11.3. The van der Waals surface area contributed by atoms with Gasteiger partial charge in [-0.25, -0.2) is 13.4 Å². The monoisotopic (exact) mass is 514 g/mol. The molecule has 0 unspecified atom stereocenters. The van der Waals surface area contributed by atoms with Crippen molar-refractivity contribution in [3.8, 4) is 17.2 Å². The van der Waals surface area contributed by atoms with Gasteiger partial charge in [-0.15, -0.1) is 0 Å². The number of rotatable bonds is 10. The minimum absolute atomic E-state index is 0.0321. The fraction of sp³-hybridized carbons (Fsp3) is 0.167. The number of hydrogen-bond donors (Lipinski definition) is 1. The summed E-state index contributed by atoms with van der Waals surface area (Å²) < 4.78 is 49.4. The number of nitrogens with one attached hydrogen (secondary N) is 1. The Hall–Kier alpha value is -3.70. The van der Waals surface area contributed by atoms with E-state index in [0.29, 0.717) is 39.6 Å². The summed E-state index contributed by atoms with van der Waals surface area (Å²) in [7, 11) is 0.698. The molecule has 4 rings (SSSR count). The van der Waals surface area contributed by atoms with Crippen LogP contribution in [0.1, 0.15) is 10.4 Å². The molecule has 0 fully saturated rings. The van der Waals surface area contributed by atoms with Crippen molar-refractivity contribution in [2.24, 2.45) is 0 Å². The van der Waals surface area contributed by atoms with E-state index in [-0.39, 0.29) is 21.7 Å². The molecule has 0 saturated carbocycles. The van der Waals surface area contributed by atoms with Crippen LogP contribution in [-0.4, -0.2) is 46.3 Å². The molecular weight excluding hydrogens is 492 g/mol. The molecule has 9 nitrogen and oxygen atoms in total. The average Bonchev–Trinajstić information content (AvgIpc) is 3.29. The number of methoxy groups -OCH3 is 3. The molecule has 3 aromatic carbocycles. The first-order valence-electron chi connectivity index (χ1n) is 10.3. The molecule has 4 aromatic rings.